The molecule has 144 valence electrons. The third kappa shape index (κ3) is 3.73. The molecule has 0 atom stereocenters. The van der Waals surface area contributed by atoms with Crippen LogP contribution < -0.4 is 10.6 Å². The van der Waals surface area contributed by atoms with Crippen molar-refractivity contribution in [3.8, 4) is 0 Å². The van der Waals surface area contributed by atoms with Gasteiger partial charge in [0.05, 0.1) is 29.6 Å². The second-order valence-electron chi connectivity index (χ2n) is 6.45. The molecule has 0 saturated carbocycles. The lowest BCUT2D eigenvalue weighted by Gasteiger charge is -2.15. The molecule has 3 aromatic carbocycles. The lowest BCUT2D eigenvalue weighted by Crippen LogP contribution is -2.10. The van der Waals surface area contributed by atoms with E-state index in [1.807, 2.05) is 42.5 Å². The van der Waals surface area contributed by atoms with Crippen LogP contribution >= 0.6 is 11.6 Å². The summed E-state index contributed by atoms with van der Waals surface area (Å²) in [5.41, 5.74) is 4.47. The average molecular weight is 405 g/mol. The topological polar surface area (TPSA) is 67.4 Å². The first-order valence-corrected chi connectivity index (χ1v) is 9.31. The average Bonchev–Trinajstić information content (AvgIpc) is 3.08. The molecular weight excluding hydrogens is 388 g/mol. The van der Waals surface area contributed by atoms with E-state index in [1.165, 1.54) is 7.11 Å². The summed E-state index contributed by atoms with van der Waals surface area (Å²) in [4.78, 5) is 24.7. The molecule has 1 amide bonds. The van der Waals surface area contributed by atoms with Crippen LogP contribution in [0.4, 0.5) is 11.4 Å². The monoisotopic (exact) mass is 404 g/mol. The minimum Gasteiger partial charge on any atom is -0.465 e. The number of carbonyl (C=O) groups is 2. The molecule has 6 heteroatoms. The van der Waals surface area contributed by atoms with Crippen molar-refractivity contribution in [1.29, 1.82) is 0 Å². The first-order chi connectivity index (χ1) is 14.1. The first kappa shape index (κ1) is 18.8. The fraction of sp³-hybridized carbons (Fsp3) is 0.0435. The van der Waals surface area contributed by atoms with Gasteiger partial charge in [-0.25, -0.2) is 4.79 Å². The van der Waals surface area contributed by atoms with Crippen LogP contribution in [0.2, 0.25) is 5.02 Å². The molecule has 1 aliphatic rings. The number of esters is 1. The van der Waals surface area contributed by atoms with Gasteiger partial charge in [0.15, 0.2) is 0 Å². The molecule has 4 rings (SSSR count). The molecule has 0 bridgehead atoms. The summed E-state index contributed by atoms with van der Waals surface area (Å²) in [6.07, 6.45) is 0. The number of halogens is 1. The number of benzene rings is 3. The van der Waals surface area contributed by atoms with Crippen LogP contribution in [0.3, 0.4) is 0 Å². The predicted molar refractivity (Wildman–Crippen MR) is 115 cm³/mol. The highest BCUT2D eigenvalue weighted by Crippen LogP contribution is 2.38. The molecule has 2 N–H and O–H groups in total. The Kier molecular flexibility index (Phi) is 5.06. The van der Waals surface area contributed by atoms with Gasteiger partial charge in [-0.2, -0.15) is 0 Å². The van der Waals surface area contributed by atoms with Gasteiger partial charge >= 0.3 is 5.97 Å². The highest BCUT2D eigenvalue weighted by atomic mass is 35.5. The number of anilines is 2. The molecule has 0 saturated heterocycles. The summed E-state index contributed by atoms with van der Waals surface area (Å²) in [5, 5.41) is 6.83. The van der Waals surface area contributed by atoms with Crippen LogP contribution in [0.5, 0.6) is 0 Å². The van der Waals surface area contributed by atoms with Crippen molar-refractivity contribution >= 4 is 46.1 Å². The van der Waals surface area contributed by atoms with Gasteiger partial charge in [0.25, 0.3) is 5.91 Å². The summed E-state index contributed by atoms with van der Waals surface area (Å²) in [6.45, 7) is 0. The lowest BCUT2D eigenvalue weighted by atomic mass is 9.99. The third-order valence-corrected chi connectivity index (χ3v) is 4.86. The zero-order valence-electron chi connectivity index (χ0n) is 15.5. The highest BCUT2D eigenvalue weighted by Gasteiger charge is 2.29. The van der Waals surface area contributed by atoms with E-state index in [1.54, 1.807) is 30.3 Å². The molecule has 0 aromatic heterocycles. The molecule has 29 heavy (non-hydrogen) atoms. The van der Waals surface area contributed by atoms with E-state index in [0.29, 0.717) is 33.1 Å². The number of rotatable bonds is 4. The largest absolute Gasteiger partial charge is 0.465 e. The lowest BCUT2D eigenvalue weighted by molar-refractivity contribution is -0.110. The molecule has 0 aliphatic carbocycles. The predicted octanol–water partition coefficient (Wildman–Crippen LogP) is 5.06. The Hall–Kier alpha value is -3.57. The van der Waals surface area contributed by atoms with Crippen LogP contribution in [0, 0.1) is 0 Å². The van der Waals surface area contributed by atoms with Crippen molar-refractivity contribution in [2.75, 3.05) is 17.7 Å². The molecule has 3 aromatic rings. The zero-order valence-corrected chi connectivity index (χ0v) is 16.3. The van der Waals surface area contributed by atoms with E-state index in [2.05, 4.69) is 10.6 Å². The van der Waals surface area contributed by atoms with Gasteiger partial charge in [0.1, 0.15) is 0 Å². The van der Waals surface area contributed by atoms with E-state index in [4.69, 9.17) is 16.3 Å². The van der Waals surface area contributed by atoms with Gasteiger partial charge in [-0.15, -0.1) is 0 Å². The summed E-state index contributed by atoms with van der Waals surface area (Å²) >= 11 is 5.99. The van der Waals surface area contributed by atoms with Crippen molar-refractivity contribution < 1.29 is 14.3 Å². The van der Waals surface area contributed by atoms with Crippen LogP contribution in [0.1, 0.15) is 21.5 Å². The summed E-state index contributed by atoms with van der Waals surface area (Å²) < 4.78 is 4.77. The van der Waals surface area contributed by atoms with Crippen LogP contribution in [0.15, 0.2) is 72.8 Å². The van der Waals surface area contributed by atoms with Gasteiger partial charge in [-0.05, 0) is 42.0 Å². The minimum absolute atomic E-state index is 0.248. The van der Waals surface area contributed by atoms with Crippen LogP contribution in [-0.4, -0.2) is 19.0 Å². The van der Waals surface area contributed by atoms with Gasteiger partial charge in [-0.1, -0.05) is 48.0 Å². The number of methoxy groups -OCH3 is 1. The second kappa shape index (κ2) is 7.81. The van der Waals surface area contributed by atoms with Crippen LogP contribution in [-0.2, 0) is 9.53 Å². The number of nitrogens with one attached hydrogen (secondary N) is 2. The van der Waals surface area contributed by atoms with E-state index in [0.717, 1.165) is 11.3 Å². The molecule has 0 unspecified atom stereocenters. The Morgan fingerprint density at radius 3 is 2.38 bits per heavy atom. The number of amides is 1. The normalized spacial score (nSPS) is 14.1. The number of hydrogen-bond donors (Lipinski definition) is 2. The molecule has 0 fully saturated rings. The van der Waals surface area contributed by atoms with E-state index < -0.39 is 5.97 Å². The highest BCUT2D eigenvalue weighted by molar-refractivity contribution is 6.37. The van der Waals surface area contributed by atoms with Gasteiger partial charge in [-0.3, -0.25) is 4.79 Å². The number of fused-ring (bicyclic) bond motifs is 1. The smallest absolute Gasteiger partial charge is 0.337 e. The van der Waals surface area contributed by atoms with Gasteiger partial charge < -0.3 is 15.4 Å². The summed E-state index contributed by atoms with van der Waals surface area (Å²) in [7, 11) is 1.32. The fourth-order valence-corrected chi connectivity index (χ4v) is 3.35. The molecule has 0 spiro atoms. The van der Waals surface area contributed by atoms with Crippen molar-refractivity contribution in [2.45, 2.75) is 0 Å². The number of hydrogen-bond acceptors (Lipinski definition) is 4. The van der Waals surface area contributed by atoms with Crippen molar-refractivity contribution in [1.82, 2.24) is 0 Å². The Bertz CT molecular complexity index is 1120. The Morgan fingerprint density at radius 1 is 0.966 bits per heavy atom. The van der Waals surface area contributed by atoms with E-state index in [9.17, 15) is 9.59 Å². The standard InChI is InChI=1S/C23H17ClN2O3/c1-29-23(28)15-7-12-18-19(13-15)26-22(27)20(18)21(14-5-3-2-4-6-14)25-17-10-8-16(24)9-11-17/h2-13,25H,1H3,(H,26,27). The van der Waals surface area contributed by atoms with Crippen molar-refractivity contribution in [3.63, 3.8) is 0 Å². The van der Waals surface area contributed by atoms with Gasteiger partial charge in [0.2, 0.25) is 0 Å². The number of ether oxygens (including phenoxy) is 1. The van der Waals surface area contributed by atoms with E-state index in [-0.39, 0.29) is 5.91 Å². The SMILES string of the molecule is COC(=O)c1ccc2c(c1)NC(=O)C2=C(Nc1ccc(Cl)cc1)c1ccccc1. The summed E-state index contributed by atoms with van der Waals surface area (Å²) in [6, 6.07) is 21.9. The quantitative estimate of drug-likeness (QED) is 0.471. The van der Waals surface area contributed by atoms with Crippen LogP contribution in [0.25, 0.3) is 11.3 Å². The minimum atomic E-state index is -0.456. The second-order valence-corrected chi connectivity index (χ2v) is 6.89. The Balaban J connectivity index is 1.86. The first-order valence-electron chi connectivity index (χ1n) is 8.93. The molecular formula is C23H17ClN2O3. The molecule has 0 radical (unpaired) electrons. The van der Waals surface area contributed by atoms with Gasteiger partial charge in [0, 0.05) is 16.3 Å². The molecule has 1 heterocycles. The molecule has 5 nitrogen and oxygen atoms in total. The maximum absolute atomic E-state index is 12.9. The molecule has 1 aliphatic heterocycles. The maximum atomic E-state index is 12.9. The van der Waals surface area contributed by atoms with Crippen molar-refractivity contribution in [3.05, 3.63) is 94.5 Å². The van der Waals surface area contributed by atoms with E-state index >= 15 is 0 Å². The Morgan fingerprint density at radius 2 is 1.69 bits per heavy atom. The Labute approximate surface area is 173 Å². The van der Waals surface area contributed by atoms with Crippen molar-refractivity contribution in [2.24, 2.45) is 0 Å². The fourth-order valence-electron chi connectivity index (χ4n) is 3.23. The number of carbonyl (C=O) groups excluding carboxylic acids is 2. The summed E-state index contributed by atoms with van der Waals surface area (Å²) in [5.74, 6) is -0.704. The third-order valence-electron chi connectivity index (χ3n) is 4.61. The zero-order chi connectivity index (χ0) is 20.4. The maximum Gasteiger partial charge on any atom is 0.337 e.